The van der Waals surface area contributed by atoms with Crippen LogP contribution < -0.4 is 48.7 Å². The topological polar surface area (TPSA) is 411 Å². The summed E-state index contributed by atoms with van der Waals surface area (Å²) in [5, 5.41) is 30.3. The lowest BCUT2D eigenvalue weighted by atomic mass is 9.89. The number of methoxy groups -OCH3 is 2. The van der Waals surface area contributed by atoms with Crippen LogP contribution in [0.1, 0.15) is 186 Å². The molecule has 2 aromatic rings. The molecule has 30 heteroatoms. The molecule has 0 aliphatic carbocycles. The highest BCUT2D eigenvalue weighted by Gasteiger charge is 2.45. The zero-order chi connectivity index (χ0) is 81.9. The maximum absolute atomic E-state index is 15.0. The van der Waals surface area contributed by atoms with Crippen LogP contribution in [0.5, 0.6) is 0 Å². The fourth-order valence-electron chi connectivity index (χ4n) is 13.5. The number of amides is 12. The first kappa shape index (κ1) is 93.7. The summed E-state index contributed by atoms with van der Waals surface area (Å²) in [6, 6.07) is 4.70. The van der Waals surface area contributed by atoms with E-state index in [2.05, 4.69) is 37.2 Å². The molecule has 0 radical (unpaired) electrons. The van der Waals surface area contributed by atoms with E-state index in [0.717, 1.165) is 4.90 Å². The molecule has 1 heterocycles. The Morgan fingerprint density at radius 1 is 0.630 bits per heavy atom. The smallest absolute Gasteiger partial charge is 0.410 e. The highest BCUT2D eigenvalue weighted by atomic mass is 16.6. The summed E-state index contributed by atoms with van der Waals surface area (Å²) < 4.78 is 23.1. The van der Waals surface area contributed by atoms with Gasteiger partial charge in [0, 0.05) is 60.6 Å². The van der Waals surface area contributed by atoms with E-state index in [1.807, 2.05) is 32.0 Å². The van der Waals surface area contributed by atoms with Gasteiger partial charge in [-0.1, -0.05) is 139 Å². The van der Waals surface area contributed by atoms with Crippen LogP contribution in [0.4, 0.5) is 15.3 Å². The fourth-order valence-corrected chi connectivity index (χ4v) is 13.5. The van der Waals surface area contributed by atoms with Gasteiger partial charge in [-0.15, -0.1) is 0 Å². The number of hydrogen-bond acceptors (Lipinski definition) is 18. The lowest BCUT2D eigenvalue weighted by molar-refractivity contribution is -0.155. The highest BCUT2D eigenvalue weighted by Crippen LogP contribution is 2.31. The van der Waals surface area contributed by atoms with Crippen molar-refractivity contribution in [2.75, 3.05) is 53.8 Å². The average Bonchev–Trinajstić information content (AvgIpc) is 1.28. The van der Waals surface area contributed by atoms with E-state index in [4.69, 9.17) is 30.4 Å². The van der Waals surface area contributed by atoms with Crippen LogP contribution >= 0.6 is 0 Å². The van der Waals surface area contributed by atoms with Crippen LogP contribution in [0.15, 0.2) is 54.6 Å². The predicted molar refractivity (Wildman–Crippen MR) is 410 cm³/mol. The molecule has 3 rings (SSSR count). The largest absolute Gasteiger partial charge is 0.460 e. The minimum Gasteiger partial charge on any atom is -0.460 e. The van der Waals surface area contributed by atoms with Crippen molar-refractivity contribution in [2.45, 2.75) is 260 Å². The zero-order valence-electron chi connectivity index (χ0n) is 67.9. The highest BCUT2D eigenvalue weighted by molar-refractivity contribution is 5.99. The monoisotopic (exact) mass is 1520 g/mol. The number of benzene rings is 2. The number of esters is 1. The molecule has 30 nitrogen and oxygen atoms in total. The molecule has 1 saturated heterocycles. The van der Waals surface area contributed by atoms with Gasteiger partial charge in [0.2, 0.25) is 53.2 Å². The SMILES string of the molecule is CC[C@H](C)[C@@H]([C@@H](CC(=O)N1CCC[C@H]1[C@H](OC)[C@@H](C)C(=O)N[C@H](C)[C@@H](O)c1ccccc1)OC)N(C)C(=O)[C@@H](NC(=O)[C@H](C(C)C)N(C)C(=O)C(NC(=O)[C@H](C(C)C)N(C)C(=O)OCc1ccc(NC(=O)[C@H](CCCNC(N)=O)NC(=O)[C@@H](NC(=O)[C@@H](N)CCC(=O)OC(C)(C)C)C(C)C)cc1)C(C)C)C(C)C. The number of carbonyl (C=O) groups is 12. The molecule has 12 amide bonds. The summed E-state index contributed by atoms with van der Waals surface area (Å²) in [7, 11) is 7.48. The number of rotatable bonds is 42. The van der Waals surface area contributed by atoms with Crippen molar-refractivity contribution < 1.29 is 81.6 Å². The number of nitrogens with one attached hydrogen (secondary N) is 7. The Hall–Kier alpha value is -8.48. The van der Waals surface area contributed by atoms with Crippen molar-refractivity contribution in [2.24, 2.45) is 52.9 Å². The van der Waals surface area contributed by atoms with Gasteiger partial charge in [0.15, 0.2) is 0 Å². The van der Waals surface area contributed by atoms with Gasteiger partial charge in [-0.05, 0) is 119 Å². The van der Waals surface area contributed by atoms with E-state index < -0.39 is 179 Å². The summed E-state index contributed by atoms with van der Waals surface area (Å²) in [6.07, 6.45) is -1.52. The second kappa shape index (κ2) is 44.2. The molecule has 0 spiro atoms. The molecular weight excluding hydrogens is 1390 g/mol. The lowest BCUT2D eigenvalue weighted by Gasteiger charge is -2.41. The fraction of sp³-hybridized carbons (Fsp3) is 0.692. The average molecular weight is 1520 g/mol. The van der Waals surface area contributed by atoms with Crippen molar-refractivity contribution in [1.82, 2.24) is 51.5 Å². The van der Waals surface area contributed by atoms with Crippen LogP contribution in [0.3, 0.4) is 0 Å². The van der Waals surface area contributed by atoms with E-state index in [0.29, 0.717) is 42.6 Å². The first-order chi connectivity index (χ1) is 50.4. The number of anilines is 1. The number of primary amides is 1. The van der Waals surface area contributed by atoms with E-state index >= 15 is 4.79 Å². The number of aliphatic hydroxyl groups is 1. The first-order valence-corrected chi connectivity index (χ1v) is 37.9. The molecule has 608 valence electrons. The number of urea groups is 1. The van der Waals surface area contributed by atoms with Crippen LogP contribution in [0.2, 0.25) is 0 Å². The van der Waals surface area contributed by atoms with Crippen LogP contribution in [-0.2, 0) is 73.5 Å². The molecule has 0 bridgehead atoms. The van der Waals surface area contributed by atoms with Gasteiger partial charge < -0.3 is 87.4 Å². The van der Waals surface area contributed by atoms with Crippen LogP contribution in [-0.4, -0.2) is 223 Å². The summed E-state index contributed by atoms with van der Waals surface area (Å²) in [4.78, 5) is 171. The van der Waals surface area contributed by atoms with Crippen molar-refractivity contribution in [3.63, 3.8) is 0 Å². The number of ether oxygens (including phenoxy) is 4. The Morgan fingerprint density at radius 3 is 1.67 bits per heavy atom. The molecule has 0 aromatic heterocycles. The van der Waals surface area contributed by atoms with E-state index in [-0.39, 0.29) is 63.0 Å². The Bertz CT molecular complexity index is 3280. The summed E-state index contributed by atoms with van der Waals surface area (Å²) in [5.74, 6) is -8.88. The molecule has 1 fully saturated rings. The summed E-state index contributed by atoms with van der Waals surface area (Å²) in [6.45, 7) is 30.2. The van der Waals surface area contributed by atoms with E-state index in [9.17, 15) is 57.8 Å². The van der Waals surface area contributed by atoms with Gasteiger partial charge in [0.05, 0.1) is 54.8 Å². The van der Waals surface area contributed by atoms with Gasteiger partial charge in [0.25, 0.3) is 0 Å². The Morgan fingerprint density at radius 2 is 1.17 bits per heavy atom. The first-order valence-electron chi connectivity index (χ1n) is 37.9. The minimum atomic E-state index is -1.20. The van der Waals surface area contributed by atoms with Crippen molar-refractivity contribution >= 4 is 76.9 Å². The molecule has 1 unspecified atom stereocenters. The third-order valence-electron chi connectivity index (χ3n) is 19.8. The maximum atomic E-state index is 15.0. The second-order valence-electron chi connectivity index (χ2n) is 31.3. The third-order valence-corrected chi connectivity index (χ3v) is 19.8. The standard InChI is InChI=1S/C78H129N13O17/c1-23-48(12)65(57(105-21)41-58(92)91-40-28-32-56(91)67(106-22)49(13)68(95)82-50(14)66(94)52-29-25-24-26-30-52)89(19)75(102)62(45(6)7)86-72(99)63(46(8)9)88(18)74(101)61(44(4)5)87-73(100)64(47(10)11)90(20)77(104)107-42-51-33-35-53(36-34-51)83-70(97)55(31-27-39-81-76(80)103)84-71(98)60(43(2)3)85-69(96)54(79)37-38-59(93)108-78(15,16)17/h24-26,29-30,33-36,43-50,54-57,60-67,94H,23,27-28,31-32,37-42,79H2,1-22H3,(H,82,95)(H,83,97)(H,84,98)(H,85,96)(H,86,99)(H,87,100)(H3,80,81,103)/t48-,49+,50+,54-,55-,56-,57+,60-,61?,62-,63-,64-,65-,66+,67+/m0/s1. The van der Waals surface area contributed by atoms with E-state index in [1.54, 1.807) is 152 Å². The zero-order valence-corrected chi connectivity index (χ0v) is 67.9. The van der Waals surface area contributed by atoms with Gasteiger partial charge >= 0.3 is 18.1 Å². The third kappa shape index (κ3) is 28.2. The Labute approximate surface area is 639 Å². The maximum Gasteiger partial charge on any atom is 0.410 e. The van der Waals surface area contributed by atoms with Crippen molar-refractivity contribution in [3.8, 4) is 0 Å². The molecule has 2 aromatic carbocycles. The quantitative estimate of drug-likeness (QED) is 0.0283. The number of nitrogens with two attached hydrogens (primary N) is 2. The number of likely N-dealkylation sites (N-methyl/N-ethyl adjacent to an activating group) is 3. The molecule has 0 saturated carbocycles. The summed E-state index contributed by atoms with van der Waals surface area (Å²) >= 11 is 0. The lowest BCUT2D eigenvalue weighted by Crippen LogP contribution is -2.62. The number of nitrogens with zero attached hydrogens (tertiary/aromatic N) is 4. The van der Waals surface area contributed by atoms with Gasteiger partial charge in [-0.25, -0.2) is 9.59 Å². The Kier molecular flexibility index (Phi) is 38.4. The molecule has 1 aliphatic rings. The normalized spacial score (nSPS) is 17.0. The van der Waals surface area contributed by atoms with E-state index in [1.165, 1.54) is 38.1 Å². The van der Waals surface area contributed by atoms with Crippen molar-refractivity contribution in [3.05, 3.63) is 65.7 Å². The number of hydrogen-bond donors (Lipinski definition) is 10. The molecule has 1 aliphatic heterocycles. The minimum absolute atomic E-state index is 0.0379. The van der Waals surface area contributed by atoms with Gasteiger partial charge in [-0.2, -0.15) is 0 Å². The molecular formula is C78H129N13O17. The second-order valence-corrected chi connectivity index (χ2v) is 31.3. The van der Waals surface area contributed by atoms with Crippen LogP contribution in [0, 0.1) is 41.4 Å². The molecule has 12 N–H and O–H groups in total. The molecule has 108 heavy (non-hydrogen) atoms. The number of aliphatic hydroxyl groups excluding tert-OH is 1. The Balaban J connectivity index is 1.75. The van der Waals surface area contributed by atoms with Gasteiger partial charge in [0.1, 0.15) is 48.5 Å². The van der Waals surface area contributed by atoms with Gasteiger partial charge in [-0.3, -0.25) is 52.8 Å². The number of likely N-dealkylation sites (tertiary alicyclic amines) is 1. The molecule has 15 atom stereocenters. The van der Waals surface area contributed by atoms with Crippen molar-refractivity contribution in [1.29, 1.82) is 0 Å². The van der Waals surface area contributed by atoms with Crippen LogP contribution in [0.25, 0.3) is 0 Å². The predicted octanol–water partition coefficient (Wildman–Crippen LogP) is 5.66. The number of carbonyl (C=O) groups excluding carboxylic acids is 12. The summed E-state index contributed by atoms with van der Waals surface area (Å²) in [5.41, 5.74) is 12.1.